The van der Waals surface area contributed by atoms with E-state index in [0.717, 1.165) is 44.6 Å². The molecule has 2 spiro atoms. The Labute approximate surface area is 414 Å². The second-order valence-electron chi connectivity index (χ2n) is 19.9. The van der Waals surface area contributed by atoms with Gasteiger partial charge in [0.05, 0.1) is 38.4 Å². The Morgan fingerprint density at radius 1 is 0.306 bits per heavy atom. The van der Waals surface area contributed by atoms with Gasteiger partial charge in [0.15, 0.2) is 0 Å². The first-order valence-corrected chi connectivity index (χ1v) is 25.0. The molecule has 0 fully saturated rings. The lowest BCUT2D eigenvalue weighted by Crippen LogP contribution is -2.43. The van der Waals surface area contributed by atoms with Crippen molar-refractivity contribution in [1.29, 1.82) is 0 Å². The summed E-state index contributed by atoms with van der Waals surface area (Å²) in [4.78, 5) is 10.7. The summed E-state index contributed by atoms with van der Waals surface area (Å²) in [6.45, 7) is 0. The zero-order valence-corrected chi connectivity index (χ0v) is 38.9. The fourth-order valence-electron chi connectivity index (χ4n) is 14.1. The van der Waals surface area contributed by atoms with Gasteiger partial charge in [-0.05, 0) is 137 Å². The summed E-state index contributed by atoms with van der Waals surface area (Å²) in [7, 11) is 0. The van der Waals surface area contributed by atoms with Gasteiger partial charge in [0.2, 0.25) is 5.95 Å². The van der Waals surface area contributed by atoms with E-state index in [-0.39, 0.29) is 0 Å². The minimum atomic E-state index is -0.579. The Morgan fingerprint density at radius 3 is 1.46 bits per heavy atom. The molecular formula is C68H40N4. The van der Waals surface area contributed by atoms with E-state index in [9.17, 15) is 0 Å². The first kappa shape index (κ1) is 38.5. The van der Waals surface area contributed by atoms with Gasteiger partial charge in [-0.1, -0.05) is 194 Å². The molecule has 0 radical (unpaired) electrons. The van der Waals surface area contributed by atoms with Gasteiger partial charge >= 0.3 is 0 Å². The zero-order valence-electron chi connectivity index (χ0n) is 38.9. The van der Waals surface area contributed by atoms with Crippen LogP contribution in [0.4, 0.5) is 0 Å². The van der Waals surface area contributed by atoms with E-state index in [1.807, 2.05) is 0 Å². The fraction of sp³-hybridized carbons (Fsp3) is 0.0294. The van der Waals surface area contributed by atoms with Crippen LogP contribution in [0.25, 0.3) is 99.5 Å². The molecule has 0 N–H and O–H groups in total. The molecular weight excluding hydrogens is 873 g/mol. The SMILES string of the molecule is c1ccc2c(c1)-c1ccccc1C21c2ccccc2C2(c3ccccc3-c3ccc(-c4ccc5c(c4)c4c6ccccc6ccc4n5-c4nc5ccccc5c5nc6ccccc6n45)cc32)c2ccccc21. The molecule has 0 amide bonds. The number of nitrogens with zero attached hydrogens (tertiary/aromatic N) is 4. The fourth-order valence-corrected chi connectivity index (χ4v) is 14.1. The van der Waals surface area contributed by atoms with Gasteiger partial charge in [-0.15, -0.1) is 0 Å². The quantitative estimate of drug-likeness (QED) is 0.173. The standard InChI is InChI=1S/C68H40N4/c1-2-18-44-41(17-1)34-38-63-64(44)50-39-42(35-37-61(50)71(63)66-70-59-30-14-6-22-49(59)65-69-60-31-15-16-32-62(60)72(65)66)43-33-36-48-47-21-5-9-25-53(47)68(58(48)40-43)56-28-12-10-26-54(56)67(55-27-11-13-29-57(55)68)51-23-7-3-19-45(51)46-20-4-8-24-52(46)67/h1-40H. The van der Waals surface area contributed by atoms with Crippen molar-refractivity contribution in [3.8, 4) is 39.3 Å². The van der Waals surface area contributed by atoms with Crippen molar-refractivity contribution in [2.45, 2.75) is 10.8 Å². The van der Waals surface area contributed by atoms with E-state index in [2.05, 4.69) is 252 Å². The molecule has 4 nitrogen and oxygen atoms in total. The van der Waals surface area contributed by atoms with E-state index < -0.39 is 10.8 Å². The predicted octanol–water partition coefficient (Wildman–Crippen LogP) is 16.0. The van der Waals surface area contributed by atoms with Crippen LogP contribution in [-0.2, 0) is 10.8 Å². The number of hydrogen-bond donors (Lipinski definition) is 0. The highest BCUT2D eigenvalue weighted by Gasteiger charge is 2.58. The third-order valence-electron chi connectivity index (χ3n) is 16.8. The first-order chi connectivity index (χ1) is 35.7. The van der Waals surface area contributed by atoms with E-state index in [1.54, 1.807) is 0 Å². The predicted molar refractivity (Wildman–Crippen MR) is 293 cm³/mol. The summed E-state index contributed by atoms with van der Waals surface area (Å²) >= 11 is 0. The smallest absolute Gasteiger partial charge is 0.221 e. The number of para-hydroxylation sites is 3. The molecule has 3 aliphatic carbocycles. The molecule has 0 bridgehead atoms. The van der Waals surface area contributed by atoms with Crippen LogP contribution in [0.1, 0.15) is 44.5 Å². The van der Waals surface area contributed by atoms with Crippen LogP contribution in [0.15, 0.2) is 243 Å². The van der Waals surface area contributed by atoms with Crippen molar-refractivity contribution in [1.82, 2.24) is 18.9 Å². The zero-order chi connectivity index (χ0) is 46.9. The summed E-state index contributed by atoms with van der Waals surface area (Å²) < 4.78 is 4.62. The van der Waals surface area contributed by atoms with Gasteiger partial charge in [0.25, 0.3) is 0 Å². The van der Waals surface area contributed by atoms with Gasteiger partial charge in [0.1, 0.15) is 5.65 Å². The van der Waals surface area contributed by atoms with Crippen molar-refractivity contribution < 1.29 is 0 Å². The maximum absolute atomic E-state index is 5.51. The van der Waals surface area contributed by atoms with Crippen molar-refractivity contribution in [3.63, 3.8) is 0 Å². The average molecular weight is 913 g/mol. The topological polar surface area (TPSA) is 35.1 Å². The molecule has 0 saturated carbocycles. The molecule has 14 aromatic rings. The van der Waals surface area contributed by atoms with E-state index in [1.165, 1.54) is 99.4 Å². The van der Waals surface area contributed by atoms with E-state index in [4.69, 9.17) is 9.97 Å². The lowest BCUT2D eigenvalue weighted by Gasteiger charge is -2.48. The molecule has 11 aromatic carbocycles. The number of rotatable bonds is 2. The summed E-state index contributed by atoms with van der Waals surface area (Å²) in [5.74, 6) is 0.817. The minimum absolute atomic E-state index is 0.489. The summed E-state index contributed by atoms with van der Waals surface area (Å²) in [6.07, 6.45) is 0. The summed E-state index contributed by atoms with van der Waals surface area (Å²) in [6, 6.07) is 90.6. The van der Waals surface area contributed by atoms with E-state index >= 15 is 0 Å². The molecule has 332 valence electrons. The third-order valence-corrected chi connectivity index (χ3v) is 16.8. The lowest BCUT2D eigenvalue weighted by molar-refractivity contribution is 0.633. The molecule has 3 aliphatic rings. The molecule has 0 atom stereocenters. The van der Waals surface area contributed by atoms with Gasteiger partial charge in [-0.25, -0.2) is 9.97 Å². The summed E-state index contributed by atoms with van der Waals surface area (Å²) in [5, 5.41) is 5.83. The number of fused-ring (bicyclic) bond motifs is 26. The van der Waals surface area contributed by atoms with Gasteiger partial charge < -0.3 is 0 Å². The van der Waals surface area contributed by atoms with Crippen LogP contribution in [-0.4, -0.2) is 18.9 Å². The Balaban J connectivity index is 0.944. The summed E-state index contributed by atoms with van der Waals surface area (Å²) in [5.41, 5.74) is 23.2. The van der Waals surface area contributed by atoms with Crippen LogP contribution in [0.2, 0.25) is 0 Å². The van der Waals surface area contributed by atoms with Gasteiger partial charge in [0, 0.05) is 16.2 Å². The molecule has 0 unspecified atom stereocenters. The van der Waals surface area contributed by atoms with Crippen molar-refractivity contribution in [3.05, 3.63) is 287 Å². The molecule has 17 rings (SSSR count). The normalized spacial score (nSPS) is 14.3. The largest absolute Gasteiger partial charge is 0.279 e. The highest BCUT2D eigenvalue weighted by molar-refractivity contribution is 6.22. The van der Waals surface area contributed by atoms with Crippen LogP contribution < -0.4 is 0 Å². The van der Waals surface area contributed by atoms with Crippen molar-refractivity contribution in [2.24, 2.45) is 0 Å². The molecule has 3 aromatic heterocycles. The number of aromatic nitrogens is 4. The Bertz CT molecular complexity index is 4630. The molecule has 0 saturated heterocycles. The maximum atomic E-state index is 5.51. The Morgan fingerprint density at radius 2 is 0.792 bits per heavy atom. The highest BCUT2D eigenvalue weighted by atomic mass is 15.2. The molecule has 4 heteroatoms. The second-order valence-corrected chi connectivity index (χ2v) is 19.9. The number of benzene rings is 11. The van der Waals surface area contributed by atoms with Gasteiger partial charge in [-0.2, -0.15) is 0 Å². The van der Waals surface area contributed by atoms with Gasteiger partial charge in [-0.3, -0.25) is 8.97 Å². The Kier molecular flexibility index (Phi) is 7.31. The van der Waals surface area contributed by atoms with Crippen LogP contribution in [0.5, 0.6) is 0 Å². The number of imidazole rings is 1. The molecule has 72 heavy (non-hydrogen) atoms. The van der Waals surface area contributed by atoms with Crippen LogP contribution in [0, 0.1) is 0 Å². The molecule has 0 aliphatic heterocycles. The maximum Gasteiger partial charge on any atom is 0.221 e. The molecule has 3 heterocycles. The Hall–Kier alpha value is -9.38. The second kappa shape index (κ2) is 13.7. The van der Waals surface area contributed by atoms with Crippen LogP contribution >= 0.6 is 0 Å². The first-order valence-electron chi connectivity index (χ1n) is 25.0. The van der Waals surface area contributed by atoms with Crippen molar-refractivity contribution >= 4 is 60.2 Å². The monoisotopic (exact) mass is 912 g/mol. The van der Waals surface area contributed by atoms with Crippen LogP contribution in [0.3, 0.4) is 0 Å². The highest BCUT2D eigenvalue weighted by Crippen LogP contribution is 2.67. The van der Waals surface area contributed by atoms with Crippen molar-refractivity contribution in [2.75, 3.05) is 0 Å². The minimum Gasteiger partial charge on any atom is -0.279 e. The third kappa shape index (κ3) is 4.55. The lowest BCUT2D eigenvalue weighted by atomic mass is 9.52. The average Bonchev–Trinajstić information content (AvgIpc) is 4.18. The number of hydrogen-bond acceptors (Lipinski definition) is 2. The van der Waals surface area contributed by atoms with E-state index in [0.29, 0.717) is 0 Å².